The predicted molar refractivity (Wildman–Crippen MR) is 91.1 cm³/mol. The quantitative estimate of drug-likeness (QED) is 0.754. The maximum absolute atomic E-state index is 10.4. The van der Waals surface area contributed by atoms with Crippen LogP contribution in [0.5, 0.6) is 0 Å². The molecule has 23 heavy (non-hydrogen) atoms. The highest BCUT2D eigenvalue weighted by Crippen LogP contribution is 2.30. The second-order valence-electron chi connectivity index (χ2n) is 5.84. The van der Waals surface area contributed by atoms with Crippen LogP contribution < -0.4 is 5.73 Å². The Hall–Kier alpha value is -2.18. The Kier molecular flexibility index (Phi) is 2.48. The number of aromatic nitrogens is 3. The van der Waals surface area contributed by atoms with Crippen LogP contribution in [0.1, 0.15) is 34.8 Å². The average Bonchev–Trinajstić information content (AvgIpc) is 2.93. The van der Waals surface area contributed by atoms with Crippen LogP contribution in [0.2, 0.25) is 0 Å². The lowest BCUT2D eigenvalue weighted by atomic mass is 10.1. The van der Waals surface area contributed by atoms with Gasteiger partial charge in [0.2, 0.25) is 0 Å². The molecule has 0 aliphatic carbocycles. The maximum atomic E-state index is 10.4. The highest BCUT2D eigenvalue weighted by Gasteiger charge is 2.22. The van der Waals surface area contributed by atoms with E-state index in [1.807, 2.05) is 0 Å². The molecule has 0 fully saturated rings. The topological polar surface area (TPSA) is 86.2 Å². The molecule has 0 atom stereocenters. The number of imidazole rings is 1. The summed E-state index contributed by atoms with van der Waals surface area (Å²) in [5, 5.41) is 10.5. The smallest absolute Gasteiger partial charge is 0.152 e. The third kappa shape index (κ3) is 3.00. The molecule has 3 rings (SSSR count). The Labute approximate surface area is 143 Å². The molecular weight excluding hydrogens is 292 g/mol. The molecule has 0 spiro atoms. The van der Waals surface area contributed by atoms with Gasteiger partial charge in [0.15, 0.2) is 5.82 Å². The molecule has 1 aromatic carbocycles. The number of hydrogen-bond donors (Lipinski definition) is 2. The van der Waals surface area contributed by atoms with Gasteiger partial charge in [-0.3, -0.25) is 0 Å². The van der Waals surface area contributed by atoms with Crippen LogP contribution in [0.3, 0.4) is 0 Å². The number of pyridine rings is 1. The Morgan fingerprint density at radius 3 is 2.83 bits per heavy atom. The number of para-hydroxylation sites is 1. The molecular formula is C17H22N4O2. The van der Waals surface area contributed by atoms with Crippen LogP contribution in [-0.2, 0) is 17.9 Å². The summed E-state index contributed by atoms with van der Waals surface area (Å²) >= 11 is 0. The minimum atomic E-state index is -1.92. The Bertz CT molecular complexity index is 1120. The highest BCUT2D eigenvalue weighted by atomic mass is 16.5. The Morgan fingerprint density at radius 1 is 1.39 bits per heavy atom. The summed E-state index contributed by atoms with van der Waals surface area (Å²) in [7, 11) is 0. The van der Waals surface area contributed by atoms with Crippen LogP contribution in [0.4, 0.5) is 5.82 Å². The minimum absolute atomic E-state index is 0.00353. The summed E-state index contributed by atoms with van der Waals surface area (Å²) in [6.45, 7) is 2.25. The van der Waals surface area contributed by atoms with E-state index >= 15 is 0 Å². The molecule has 0 aliphatic rings. The number of benzene rings is 1. The zero-order valence-corrected chi connectivity index (χ0v) is 13.2. The summed E-state index contributed by atoms with van der Waals surface area (Å²) in [4.78, 5) is 8.53. The van der Waals surface area contributed by atoms with Crippen LogP contribution >= 0.6 is 0 Å². The fourth-order valence-electron chi connectivity index (χ4n) is 2.47. The fraction of sp³-hybridized carbons (Fsp3) is 0.412. The summed E-state index contributed by atoms with van der Waals surface area (Å²) in [5.41, 5.74) is 5.32. The van der Waals surface area contributed by atoms with E-state index in [0.29, 0.717) is 0 Å². The van der Waals surface area contributed by atoms with E-state index in [1.54, 1.807) is 18.4 Å². The number of ether oxygens (including phenoxy) is 1. The molecule has 122 valence electrons. The number of aliphatic hydroxyl groups is 1. The second-order valence-corrected chi connectivity index (χ2v) is 5.84. The van der Waals surface area contributed by atoms with Gasteiger partial charge in [-0.1, -0.05) is 18.1 Å². The van der Waals surface area contributed by atoms with Crippen molar-refractivity contribution >= 4 is 27.8 Å². The first-order valence-electron chi connectivity index (χ1n) is 10.1. The SMILES string of the molecule is [2H]c1c([2H])c([2H])c2c(nc(N)c3nc(COC([2H])([2H])C)n(CC(C)(C)O)c32)c1[2H]. The molecule has 6 heteroatoms. The van der Waals surface area contributed by atoms with Gasteiger partial charge in [0, 0.05) is 11.9 Å². The van der Waals surface area contributed by atoms with E-state index in [0.717, 1.165) is 0 Å². The average molecular weight is 320 g/mol. The molecule has 2 aromatic heterocycles. The van der Waals surface area contributed by atoms with E-state index in [9.17, 15) is 5.11 Å². The van der Waals surface area contributed by atoms with Crippen molar-refractivity contribution in [2.24, 2.45) is 0 Å². The zero-order valence-electron chi connectivity index (χ0n) is 19.2. The Morgan fingerprint density at radius 2 is 2.13 bits per heavy atom. The number of hydrogen-bond acceptors (Lipinski definition) is 5. The van der Waals surface area contributed by atoms with E-state index in [4.69, 9.17) is 18.7 Å². The molecule has 6 nitrogen and oxygen atoms in total. The number of anilines is 1. The van der Waals surface area contributed by atoms with Crippen molar-refractivity contribution in [2.75, 3.05) is 12.3 Å². The van der Waals surface area contributed by atoms with E-state index < -0.39 is 24.2 Å². The number of nitrogens with two attached hydrogens (primary N) is 1. The van der Waals surface area contributed by atoms with Gasteiger partial charge < -0.3 is 20.1 Å². The van der Waals surface area contributed by atoms with Gasteiger partial charge in [-0.2, -0.15) is 0 Å². The van der Waals surface area contributed by atoms with Gasteiger partial charge in [-0.05, 0) is 26.8 Å². The largest absolute Gasteiger partial charge is 0.389 e. The van der Waals surface area contributed by atoms with Crippen molar-refractivity contribution in [1.29, 1.82) is 0 Å². The van der Waals surface area contributed by atoms with Gasteiger partial charge in [-0.25, -0.2) is 9.97 Å². The first-order valence-corrected chi connectivity index (χ1v) is 7.12. The van der Waals surface area contributed by atoms with Crippen molar-refractivity contribution in [3.63, 3.8) is 0 Å². The van der Waals surface area contributed by atoms with Gasteiger partial charge in [0.25, 0.3) is 0 Å². The van der Waals surface area contributed by atoms with Crippen molar-refractivity contribution in [2.45, 2.75) is 39.5 Å². The lowest BCUT2D eigenvalue weighted by Crippen LogP contribution is -2.27. The van der Waals surface area contributed by atoms with Crippen LogP contribution in [0.25, 0.3) is 21.9 Å². The van der Waals surface area contributed by atoms with E-state index in [2.05, 4.69) is 9.97 Å². The second kappa shape index (κ2) is 5.79. The standard InChI is InChI=1S/C17H22N4O2/c1-4-23-9-13-20-14-15(21(13)10-17(2,3)22)11-7-5-6-8-12(11)19-16(14)18/h5-8,22H,4,9-10H2,1-3H3,(H2,18,19)/i4D2,5D,6D,7D,8D. The third-order valence-corrected chi connectivity index (χ3v) is 3.32. The molecule has 3 aromatic rings. The molecule has 0 radical (unpaired) electrons. The van der Waals surface area contributed by atoms with Crippen LogP contribution in [0.15, 0.2) is 24.2 Å². The van der Waals surface area contributed by atoms with Crippen LogP contribution in [0, 0.1) is 0 Å². The third-order valence-electron chi connectivity index (χ3n) is 3.32. The first kappa shape index (κ1) is 9.85. The molecule has 0 saturated heterocycles. The molecule has 0 bridgehead atoms. The van der Waals surface area contributed by atoms with Gasteiger partial charge >= 0.3 is 0 Å². The number of rotatable bonds is 5. The number of nitrogens with zero attached hydrogens (tertiary/aromatic N) is 3. The maximum Gasteiger partial charge on any atom is 0.152 e. The minimum Gasteiger partial charge on any atom is -0.389 e. The van der Waals surface area contributed by atoms with Gasteiger partial charge in [-0.15, -0.1) is 0 Å². The lowest BCUT2D eigenvalue weighted by molar-refractivity contribution is 0.0582. The predicted octanol–water partition coefficient (Wildman–Crippen LogP) is 2.47. The van der Waals surface area contributed by atoms with Crippen molar-refractivity contribution in [3.05, 3.63) is 30.0 Å². The molecule has 3 N–H and O–H groups in total. The van der Waals surface area contributed by atoms with Crippen molar-refractivity contribution in [3.8, 4) is 0 Å². The van der Waals surface area contributed by atoms with Crippen LogP contribution in [-0.4, -0.2) is 31.8 Å². The summed E-state index contributed by atoms with van der Waals surface area (Å²) in [6, 6.07) is -1.47. The van der Waals surface area contributed by atoms with Gasteiger partial charge in [0.05, 0.1) is 31.4 Å². The Balaban J connectivity index is 2.44. The highest BCUT2D eigenvalue weighted by molar-refractivity contribution is 6.06. The molecule has 0 saturated carbocycles. The van der Waals surface area contributed by atoms with Crippen molar-refractivity contribution in [1.82, 2.24) is 14.5 Å². The summed E-state index contributed by atoms with van der Waals surface area (Å²) < 4.78 is 54.3. The zero-order chi connectivity index (χ0) is 21.9. The fourth-order valence-corrected chi connectivity index (χ4v) is 2.47. The van der Waals surface area contributed by atoms with E-state index in [-0.39, 0.29) is 58.8 Å². The number of nitrogen functional groups attached to an aromatic ring is 1. The van der Waals surface area contributed by atoms with Crippen molar-refractivity contribution < 1.29 is 18.1 Å². The summed E-state index contributed by atoms with van der Waals surface area (Å²) in [5.74, 6) is 0.217. The normalized spacial score (nSPS) is 16.7. The van der Waals surface area contributed by atoms with Gasteiger partial charge in [0.1, 0.15) is 17.9 Å². The molecule has 0 unspecified atom stereocenters. The number of fused-ring (bicyclic) bond motifs is 3. The summed E-state index contributed by atoms with van der Waals surface area (Å²) in [6.07, 6.45) is 0. The monoisotopic (exact) mass is 320 g/mol. The van der Waals surface area contributed by atoms with E-state index in [1.165, 1.54) is 6.92 Å². The molecule has 2 heterocycles. The lowest BCUT2D eigenvalue weighted by Gasteiger charge is -2.20. The first-order chi connectivity index (χ1) is 13.2. The molecule has 0 aliphatic heterocycles. The molecule has 0 amide bonds.